The highest BCUT2D eigenvalue weighted by Gasteiger charge is 2.07. The van der Waals surface area contributed by atoms with Gasteiger partial charge < -0.3 is 5.73 Å². The number of hydrogen-bond donors (Lipinski definition) is 1. The molecule has 0 spiro atoms. The lowest BCUT2D eigenvalue weighted by molar-refractivity contribution is 0.682. The molecular formula is C10H12N4OS. The molecule has 2 rings (SSSR count). The second-order valence-corrected chi connectivity index (χ2v) is 4.89. The van der Waals surface area contributed by atoms with Crippen LogP contribution in [0.3, 0.4) is 0 Å². The van der Waals surface area contributed by atoms with Crippen LogP contribution in [0.15, 0.2) is 35.4 Å². The zero-order valence-corrected chi connectivity index (χ0v) is 9.65. The summed E-state index contributed by atoms with van der Waals surface area (Å²) in [7, 11) is 0.680. The second-order valence-electron chi connectivity index (χ2n) is 3.44. The van der Waals surface area contributed by atoms with E-state index in [1.807, 2.05) is 0 Å². The van der Waals surface area contributed by atoms with Gasteiger partial charge >= 0.3 is 0 Å². The normalized spacial score (nSPS) is 12.6. The Kier molecular flexibility index (Phi) is 3.00. The molecule has 6 heteroatoms. The van der Waals surface area contributed by atoms with Crippen molar-refractivity contribution < 1.29 is 4.21 Å². The fraction of sp³-hybridized carbons (Fsp3) is 0.200. The van der Waals surface area contributed by atoms with Crippen molar-refractivity contribution in [1.82, 2.24) is 15.0 Å². The Morgan fingerprint density at radius 3 is 2.62 bits per heavy atom. The van der Waals surface area contributed by atoms with Crippen molar-refractivity contribution in [2.24, 2.45) is 7.05 Å². The summed E-state index contributed by atoms with van der Waals surface area (Å²) in [6, 6.07) is 7.01. The summed E-state index contributed by atoms with van der Waals surface area (Å²) in [4.78, 5) is 0.750. The lowest BCUT2D eigenvalue weighted by Crippen LogP contribution is -1.97. The molecule has 0 aliphatic rings. The minimum atomic E-state index is -1.10. The lowest BCUT2D eigenvalue weighted by Gasteiger charge is -2.00. The summed E-state index contributed by atoms with van der Waals surface area (Å²) >= 11 is 0. The van der Waals surface area contributed by atoms with E-state index in [2.05, 4.69) is 10.3 Å². The number of nitrogens with zero attached hydrogens (tertiary/aromatic N) is 3. The van der Waals surface area contributed by atoms with Gasteiger partial charge in [0.1, 0.15) is 0 Å². The molecule has 0 aliphatic heterocycles. The smallest absolute Gasteiger partial charge is 0.0955 e. The van der Waals surface area contributed by atoms with Crippen LogP contribution in [0.5, 0.6) is 0 Å². The van der Waals surface area contributed by atoms with Gasteiger partial charge in [-0.25, -0.2) is 0 Å². The molecule has 84 valence electrons. The maximum atomic E-state index is 11.9. The van der Waals surface area contributed by atoms with E-state index < -0.39 is 10.8 Å². The maximum Gasteiger partial charge on any atom is 0.0955 e. The predicted molar refractivity (Wildman–Crippen MR) is 62.0 cm³/mol. The molecule has 0 amide bonds. The van der Waals surface area contributed by atoms with E-state index in [0.29, 0.717) is 11.4 Å². The van der Waals surface area contributed by atoms with Gasteiger partial charge in [-0.15, -0.1) is 5.10 Å². The van der Waals surface area contributed by atoms with Gasteiger partial charge in [0.25, 0.3) is 0 Å². The number of anilines is 1. The van der Waals surface area contributed by atoms with Crippen LogP contribution in [-0.2, 0) is 23.6 Å². The predicted octanol–water partition coefficient (Wildman–Crippen LogP) is 0.705. The van der Waals surface area contributed by atoms with E-state index in [4.69, 9.17) is 5.73 Å². The van der Waals surface area contributed by atoms with Crippen LogP contribution < -0.4 is 5.73 Å². The molecule has 0 radical (unpaired) electrons. The van der Waals surface area contributed by atoms with Crippen LogP contribution in [0, 0.1) is 0 Å². The summed E-state index contributed by atoms with van der Waals surface area (Å²) in [6.07, 6.45) is 1.76. The third-order valence-electron chi connectivity index (χ3n) is 2.07. The Balaban J connectivity index is 2.11. The summed E-state index contributed by atoms with van der Waals surface area (Å²) in [5, 5.41) is 7.68. The molecular weight excluding hydrogens is 224 g/mol. The number of aromatic nitrogens is 3. The first-order valence-electron chi connectivity index (χ1n) is 4.74. The van der Waals surface area contributed by atoms with Crippen molar-refractivity contribution in [1.29, 1.82) is 0 Å². The van der Waals surface area contributed by atoms with Crippen molar-refractivity contribution in [3.8, 4) is 0 Å². The van der Waals surface area contributed by atoms with E-state index in [0.717, 1.165) is 10.6 Å². The van der Waals surface area contributed by atoms with E-state index in [1.54, 1.807) is 42.2 Å². The molecule has 1 aromatic carbocycles. The first-order valence-corrected chi connectivity index (χ1v) is 6.06. The average molecular weight is 236 g/mol. The molecule has 2 aromatic rings. The standard InChI is InChI=1S/C10H12N4OS/c1-14-6-9(12-13-14)7-16(15)10-4-2-8(11)3-5-10/h2-6H,7,11H2,1H3. The molecule has 0 bridgehead atoms. The molecule has 1 aromatic heterocycles. The van der Waals surface area contributed by atoms with Crippen LogP contribution in [0.1, 0.15) is 5.69 Å². The zero-order chi connectivity index (χ0) is 11.5. The first kappa shape index (κ1) is 10.8. The topological polar surface area (TPSA) is 73.8 Å². The number of rotatable bonds is 3. The summed E-state index contributed by atoms with van der Waals surface area (Å²) in [6.45, 7) is 0. The van der Waals surface area contributed by atoms with Gasteiger partial charge in [0.05, 0.1) is 22.2 Å². The van der Waals surface area contributed by atoms with Gasteiger partial charge in [-0.05, 0) is 24.3 Å². The van der Waals surface area contributed by atoms with Crippen molar-refractivity contribution in [2.45, 2.75) is 10.6 Å². The van der Waals surface area contributed by atoms with E-state index in [-0.39, 0.29) is 0 Å². The minimum Gasteiger partial charge on any atom is -0.399 e. The molecule has 1 heterocycles. The van der Waals surface area contributed by atoms with Crippen LogP contribution in [0.25, 0.3) is 0 Å². The molecule has 0 aliphatic carbocycles. The number of nitrogens with two attached hydrogens (primary N) is 1. The van der Waals surface area contributed by atoms with Crippen LogP contribution in [0.4, 0.5) is 5.69 Å². The number of aryl methyl sites for hydroxylation is 1. The van der Waals surface area contributed by atoms with Gasteiger partial charge in [-0.1, -0.05) is 5.21 Å². The monoisotopic (exact) mass is 236 g/mol. The Morgan fingerprint density at radius 1 is 1.38 bits per heavy atom. The minimum absolute atomic E-state index is 0.373. The van der Waals surface area contributed by atoms with Crippen molar-refractivity contribution in [3.05, 3.63) is 36.2 Å². The Morgan fingerprint density at radius 2 is 2.06 bits per heavy atom. The quantitative estimate of drug-likeness (QED) is 0.796. The van der Waals surface area contributed by atoms with Gasteiger partial charge in [0.2, 0.25) is 0 Å². The maximum absolute atomic E-state index is 11.9. The van der Waals surface area contributed by atoms with Gasteiger partial charge in [0, 0.05) is 23.8 Å². The number of nitrogen functional groups attached to an aromatic ring is 1. The molecule has 0 saturated carbocycles. The van der Waals surface area contributed by atoms with Gasteiger partial charge in [-0.3, -0.25) is 8.89 Å². The highest BCUT2D eigenvalue weighted by molar-refractivity contribution is 7.84. The average Bonchev–Trinajstić information content (AvgIpc) is 2.65. The fourth-order valence-corrected chi connectivity index (χ4v) is 2.31. The molecule has 1 unspecified atom stereocenters. The molecule has 2 N–H and O–H groups in total. The van der Waals surface area contributed by atoms with E-state index >= 15 is 0 Å². The third-order valence-corrected chi connectivity index (χ3v) is 3.43. The molecule has 16 heavy (non-hydrogen) atoms. The van der Waals surface area contributed by atoms with Gasteiger partial charge in [0.15, 0.2) is 0 Å². The highest BCUT2D eigenvalue weighted by atomic mass is 32.2. The zero-order valence-electron chi connectivity index (χ0n) is 8.83. The summed E-state index contributed by atoms with van der Waals surface area (Å²) < 4.78 is 13.5. The molecule has 1 atom stereocenters. The second kappa shape index (κ2) is 4.44. The van der Waals surface area contributed by atoms with Crippen molar-refractivity contribution >= 4 is 16.5 Å². The summed E-state index contributed by atoms with van der Waals surface area (Å²) in [5.74, 6) is 0.373. The van der Waals surface area contributed by atoms with E-state index in [9.17, 15) is 4.21 Å². The van der Waals surface area contributed by atoms with Crippen molar-refractivity contribution in [3.63, 3.8) is 0 Å². The Bertz CT molecular complexity index is 506. The SMILES string of the molecule is Cn1cc(CS(=O)c2ccc(N)cc2)nn1. The molecule has 5 nitrogen and oxygen atoms in total. The van der Waals surface area contributed by atoms with Crippen molar-refractivity contribution in [2.75, 3.05) is 5.73 Å². The third kappa shape index (κ3) is 2.46. The Hall–Kier alpha value is -1.69. The van der Waals surface area contributed by atoms with Crippen LogP contribution in [0.2, 0.25) is 0 Å². The number of benzene rings is 1. The van der Waals surface area contributed by atoms with Gasteiger partial charge in [-0.2, -0.15) is 0 Å². The summed E-state index contributed by atoms with van der Waals surface area (Å²) in [5.41, 5.74) is 6.95. The Labute approximate surface area is 95.7 Å². The van der Waals surface area contributed by atoms with Crippen LogP contribution in [-0.4, -0.2) is 19.2 Å². The van der Waals surface area contributed by atoms with E-state index in [1.165, 1.54) is 0 Å². The fourth-order valence-electron chi connectivity index (χ4n) is 1.30. The van der Waals surface area contributed by atoms with Crippen LogP contribution >= 0.6 is 0 Å². The highest BCUT2D eigenvalue weighted by Crippen LogP contribution is 2.12. The molecule has 0 fully saturated rings. The molecule has 0 saturated heterocycles. The number of hydrogen-bond acceptors (Lipinski definition) is 4. The lowest BCUT2D eigenvalue weighted by atomic mass is 10.3. The largest absolute Gasteiger partial charge is 0.399 e. The first-order chi connectivity index (χ1) is 7.65.